The van der Waals surface area contributed by atoms with Gasteiger partial charge in [-0.25, -0.2) is 8.42 Å². The number of benzene rings is 2. The summed E-state index contributed by atoms with van der Waals surface area (Å²) in [6.45, 7) is 2.95. The minimum absolute atomic E-state index is 0. The van der Waals surface area contributed by atoms with Gasteiger partial charge in [0.1, 0.15) is 0 Å². The molecule has 0 aliphatic carbocycles. The number of hydrogen-bond donors (Lipinski definition) is 1. The van der Waals surface area contributed by atoms with Gasteiger partial charge in [0.15, 0.2) is 5.78 Å². The highest BCUT2D eigenvalue weighted by Crippen LogP contribution is 2.41. The van der Waals surface area contributed by atoms with Crippen molar-refractivity contribution in [3.05, 3.63) is 65.7 Å². The van der Waals surface area contributed by atoms with Crippen LogP contribution >= 0.6 is 12.4 Å². The first-order valence-corrected chi connectivity index (χ1v) is 10.9. The lowest BCUT2D eigenvalue weighted by Crippen LogP contribution is -2.40. The average molecular weight is 421 g/mol. The first-order valence-electron chi connectivity index (χ1n) is 9.42. The van der Waals surface area contributed by atoms with E-state index in [9.17, 15) is 13.2 Å². The molecule has 0 saturated carbocycles. The summed E-state index contributed by atoms with van der Waals surface area (Å²) >= 11 is 0. The number of sulfonamides is 1. The number of nitrogens with zero attached hydrogens (tertiary/aromatic N) is 1. The van der Waals surface area contributed by atoms with Crippen LogP contribution in [-0.2, 0) is 10.0 Å². The molecule has 1 spiro atoms. The normalized spacial score (nSPS) is 19.3. The summed E-state index contributed by atoms with van der Waals surface area (Å²) in [5, 5.41) is 3.35. The van der Waals surface area contributed by atoms with Gasteiger partial charge < -0.3 is 5.32 Å². The SMILES string of the molecule is Cl.O=C(c1ccccc1)c1ccccc1S(=O)(=O)N1CCC2(CCNCC2)C1. The number of carbonyl (C=O) groups is 1. The van der Waals surface area contributed by atoms with Gasteiger partial charge in [-0.1, -0.05) is 42.5 Å². The summed E-state index contributed by atoms with van der Waals surface area (Å²) in [6, 6.07) is 15.4. The van der Waals surface area contributed by atoms with Gasteiger partial charge in [-0.2, -0.15) is 4.31 Å². The Kier molecular flexibility index (Phi) is 6.25. The van der Waals surface area contributed by atoms with Crippen LogP contribution in [0.1, 0.15) is 35.2 Å². The van der Waals surface area contributed by atoms with Gasteiger partial charge in [0.2, 0.25) is 10.0 Å². The Labute approximate surface area is 172 Å². The summed E-state index contributed by atoms with van der Waals surface area (Å²) in [6.07, 6.45) is 2.90. The van der Waals surface area contributed by atoms with E-state index in [2.05, 4.69) is 5.32 Å². The molecule has 2 heterocycles. The third kappa shape index (κ3) is 3.87. The van der Waals surface area contributed by atoms with Gasteiger partial charge in [-0.3, -0.25) is 4.79 Å². The van der Waals surface area contributed by atoms with Crippen LogP contribution in [0.3, 0.4) is 0 Å². The van der Waals surface area contributed by atoms with Crippen LogP contribution in [-0.4, -0.2) is 44.7 Å². The monoisotopic (exact) mass is 420 g/mol. The van der Waals surface area contributed by atoms with Crippen molar-refractivity contribution in [3.8, 4) is 0 Å². The van der Waals surface area contributed by atoms with E-state index >= 15 is 0 Å². The van der Waals surface area contributed by atoms with Crippen molar-refractivity contribution >= 4 is 28.2 Å². The molecule has 0 radical (unpaired) electrons. The van der Waals surface area contributed by atoms with E-state index < -0.39 is 10.0 Å². The molecule has 0 atom stereocenters. The van der Waals surface area contributed by atoms with Gasteiger partial charge >= 0.3 is 0 Å². The van der Waals surface area contributed by atoms with Crippen LogP contribution in [0.5, 0.6) is 0 Å². The van der Waals surface area contributed by atoms with E-state index in [1.54, 1.807) is 52.8 Å². The molecule has 2 aliphatic rings. The quantitative estimate of drug-likeness (QED) is 0.772. The van der Waals surface area contributed by atoms with Crippen LogP contribution in [0, 0.1) is 5.41 Å². The van der Waals surface area contributed by atoms with E-state index in [-0.39, 0.29) is 34.1 Å². The van der Waals surface area contributed by atoms with Crippen LogP contribution < -0.4 is 5.32 Å². The lowest BCUT2D eigenvalue weighted by Gasteiger charge is -2.33. The number of ketones is 1. The molecule has 0 amide bonds. The van der Waals surface area contributed by atoms with Crippen LogP contribution in [0.4, 0.5) is 0 Å². The maximum absolute atomic E-state index is 13.4. The molecular formula is C21H25ClN2O3S. The zero-order chi connectivity index (χ0) is 18.9. The summed E-state index contributed by atoms with van der Waals surface area (Å²) in [5.74, 6) is -0.259. The van der Waals surface area contributed by atoms with Gasteiger partial charge in [-0.15, -0.1) is 12.4 Å². The van der Waals surface area contributed by atoms with Crippen LogP contribution in [0.2, 0.25) is 0 Å². The Morgan fingerprint density at radius 3 is 2.29 bits per heavy atom. The standard InChI is InChI=1S/C21H24N2O3S.ClH/c24-20(17-6-2-1-3-7-17)18-8-4-5-9-19(18)27(25,26)23-15-12-21(16-23)10-13-22-14-11-21;/h1-9,22H,10-16H2;1H. The maximum atomic E-state index is 13.4. The average Bonchev–Trinajstić information content (AvgIpc) is 3.13. The van der Waals surface area contributed by atoms with Crippen molar-refractivity contribution in [2.45, 2.75) is 24.2 Å². The summed E-state index contributed by atoms with van der Waals surface area (Å²) in [5.41, 5.74) is 0.822. The first kappa shape index (κ1) is 21.0. The topological polar surface area (TPSA) is 66.5 Å². The number of rotatable bonds is 4. The van der Waals surface area contributed by atoms with Gasteiger partial charge in [0.25, 0.3) is 0 Å². The fraction of sp³-hybridized carbons (Fsp3) is 0.381. The second-order valence-corrected chi connectivity index (χ2v) is 9.44. The van der Waals surface area contributed by atoms with E-state index in [1.165, 1.54) is 0 Å². The Balaban J connectivity index is 0.00000225. The third-order valence-electron chi connectivity index (χ3n) is 5.85. The van der Waals surface area contributed by atoms with Crippen molar-refractivity contribution in [1.82, 2.24) is 9.62 Å². The molecule has 0 aromatic heterocycles. The second-order valence-electron chi connectivity index (χ2n) is 7.53. The molecule has 2 saturated heterocycles. The van der Waals surface area contributed by atoms with E-state index in [0.717, 1.165) is 32.4 Å². The highest BCUT2D eigenvalue weighted by molar-refractivity contribution is 7.89. The molecule has 2 aromatic carbocycles. The van der Waals surface area contributed by atoms with Crippen molar-refractivity contribution in [2.24, 2.45) is 5.41 Å². The predicted octanol–water partition coefficient (Wildman–Crippen LogP) is 3.10. The molecule has 28 heavy (non-hydrogen) atoms. The Bertz CT molecular complexity index is 941. The molecule has 2 aromatic rings. The van der Waals surface area contributed by atoms with E-state index in [4.69, 9.17) is 0 Å². The number of piperidine rings is 1. The van der Waals surface area contributed by atoms with Crippen molar-refractivity contribution in [2.75, 3.05) is 26.2 Å². The number of carbonyl (C=O) groups excluding carboxylic acids is 1. The van der Waals surface area contributed by atoms with Crippen LogP contribution in [0.15, 0.2) is 59.5 Å². The van der Waals surface area contributed by atoms with E-state index in [0.29, 0.717) is 18.7 Å². The number of halogens is 1. The molecule has 7 heteroatoms. The van der Waals surface area contributed by atoms with Crippen molar-refractivity contribution in [1.29, 1.82) is 0 Å². The smallest absolute Gasteiger partial charge is 0.243 e. The molecule has 1 N–H and O–H groups in total. The van der Waals surface area contributed by atoms with Crippen LogP contribution in [0.25, 0.3) is 0 Å². The summed E-state index contributed by atoms with van der Waals surface area (Å²) < 4.78 is 28.3. The molecule has 2 aliphatic heterocycles. The molecular weight excluding hydrogens is 396 g/mol. The Morgan fingerprint density at radius 2 is 1.57 bits per heavy atom. The molecule has 0 bridgehead atoms. The lowest BCUT2D eigenvalue weighted by atomic mass is 9.78. The molecule has 0 unspecified atom stereocenters. The number of hydrogen-bond acceptors (Lipinski definition) is 4. The molecule has 2 fully saturated rings. The molecule has 4 rings (SSSR count). The molecule has 5 nitrogen and oxygen atoms in total. The van der Waals surface area contributed by atoms with Crippen molar-refractivity contribution < 1.29 is 13.2 Å². The summed E-state index contributed by atoms with van der Waals surface area (Å²) in [7, 11) is -3.71. The highest BCUT2D eigenvalue weighted by Gasteiger charge is 2.44. The Hall–Kier alpha value is -1.73. The molecule has 150 valence electrons. The van der Waals surface area contributed by atoms with Gasteiger partial charge in [0, 0.05) is 24.2 Å². The maximum Gasteiger partial charge on any atom is 0.243 e. The minimum atomic E-state index is -3.71. The highest BCUT2D eigenvalue weighted by atomic mass is 35.5. The second kappa shape index (κ2) is 8.33. The largest absolute Gasteiger partial charge is 0.317 e. The lowest BCUT2D eigenvalue weighted by molar-refractivity contribution is 0.103. The van der Waals surface area contributed by atoms with Gasteiger partial charge in [0.05, 0.1) is 4.90 Å². The minimum Gasteiger partial charge on any atom is -0.317 e. The fourth-order valence-electron chi connectivity index (χ4n) is 4.23. The van der Waals surface area contributed by atoms with E-state index in [1.807, 2.05) is 6.07 Å². The summed E-state index contributed by atoms with van der Waals surface area (Å²) in [4.78, 5) is 13.0. The predicted molar refractivity (Wildman–Crippen MR) is 111 cm³/mol. The zero-order valence-corrected chi connectivity index (χ0v) is 17.3. The Morgan fingerprint density at radius 1 is 0.929 bits per heavy atom. The zero-order valence-electron chi connectivity index (χ0n) is 15.6. The third-order valence-corrected chi connectivity index (χ3v) is 7.76. The fourth-order valence-corrected chi connectivity index (χ4v) is 5.97. The van der Waals surface area contributed by atoms with Crippen molar-refractivity contribution in [3.63, 3.8) is 0 Å². The number of nitrogens with one attached hydrogen (secondary N) is 1. The van der Waals surface area contributed by atoms with Gasteiger partial charge in [-0.05, 0) is 49.9 Å². The first-order chi connectivity index (χ1) is 13.0.